The van der Waals surface area contributed by atoms with Gasteiger partial charge in [0.1, 0.15) is 6.04 Å². The zero-order valence-electron chi connectivity index (χ0n) is 10.8. The summed E-state index contributed by atoms with van der Waals surface area (Å²) >= 11 is 3.21. The van der Waals surface area contributed by atoms with E-state index in [1.807, 2.05) is 0 Å². The number of nitrogens with two attached hydrogens (primary N) is 2. The van der Waals surface area contributed by atoms with Gasteiger partial charge in [0, 0.05) is 16.7 Å². The molecule has 0 radical (unpaired) electrons. The van der Waals surface area contributed by atoms with Crippen LogP contribution in [0.1, 0.15) is 19.3 Å². The summed E-state index contributed by atoms with van der Waals surface area (Å²) in [5.74, 6) is -0.609. The van der Waals surface area contributed by atoms with Crippen molar-refractivity contribution in [3.63, 3.8) is 0 Å². The summed E-state index contributed by atoms with van der Waals surface area (Å²) in [7, 11) is -3.75. The Morgan fingerprint density at radius 3 is 2.65 bits per heavy atom. The van der Waals surface area contributed by atoms with Crippen molar-refractivity contribution >= 4 is 37.5 Å². The standard InChI is InChI=1S/C12H16BrN3O3S/c13-9-7-8(4-5-10(9)14)20(18,19)16-6-2-1-3-11(16)12(15)17/h4-5,7,11H,1-3,6,14H2,(H2,15,17). The van der Waals surface area contributed by atoms with Crippen molar-refractivity contribution in [2.45, 2.75) is 30.2 Å². The molecule has 1 heterocycles. The highest BCUT2D eigenvalue weighted by atomic mass is 79.9. The fraction of sp³-hybridized carbons (Fsp3) is 0.417. The van der Waals surface area contributed by atoms with Gasteiger partial charge in [0.05, 0.1) is 4.90 Å². The number of hydrogen-bond donors (Lipinski definition) is 2. The van der Waals surface area contributed by atoms with E-state index in [0.29, 0.717) is 23.1 Å². The highest BCUT2D eigenvalue weighted by Crippen LogP contribution is 2.28. The lowest BCUT2D eigenvalue weighted by atomic mass is 10.0. The topological polar surface area (TPSA) is 106 Å². The maximum absolute atomic E-state index is 12.6. The first-order valence-corrected chi connectivity index (χ1v) is 8.43. The van der Waals surface area contributed by atoms with Crippen LogP contribution in [0.5, 0.6) is 0 Å². The van der Waals surface area contributed by atoms with Gasteiger partial charge in [0.15, 0.2) is 0 Å². The minimum absolute atomic E-state index is 0.103. The van der Waals surface area contributed by atoms with E-state index >= 15 is 0 Å². The molecule has 1 aromatic rings. The molecule has 0 aromatic heterocycles. The van der Waals surface area contributed by atoms with Crippen molar-refractivity contribution in [3.8, 4) is 0 Å². The first-order valence-electron chi connectivity index (χ1n) is 6.20. The zero-order chi connectivity index (χ0) is 14.9. The van der Waals surface area contributed by atoms with Crippen molar-refractivity contribution < 1.29 is 13.2 Å². The maximum atomic E-state index is 12.6. The summed E-state index contributed by atoms with van der Waals surface area (Å²) < 4.78 is 26.9. The van der Waals surface area contributed by atoms with Crippen LogP contribution in [0, 0.1) is 0 Å². The molecule has 0 bridgehead atoms. The van der Waals surface area contributed by atoms with Crippen molar-refractivity contribution in [2.75, 3.05) is 12.3 Å². The van der Waals surface area contributed by atoms with Gasteiger partial charge >= 0.3 is 0 Å². The second-order valence-corrected chi connectivity index (χ2v) is 7.46. The number of carbonyl (C=O) groups is 1. The molecule has 1 atom stereocenters. The number of primary amides is 1. The second-order valence-electron chi connectivity index (χ2n) is 4.71. The molecule has 2 rings (SSSR count). The van der Waals surface area contributed by atoms with Crippen LogP contribution in [0.2, 0.25) is 0 Å². The highest BCUT2D eigenvalue weighted by molar-refractivity contribution is 9.10. The maximum Gasteiger partial charge on any atom is 0.243 e. The van der Waals surface area contributed by atoms with E-state index in [1.165, 1.54) is 22.5 Å². The van der Waals surface area contributed by atoms with E-state index in [9.17, 15) is 13.2 Å². The molecule has 8 heteroatoms. The minimum atomic E-state index is -3.75. The Hall–Kier alpha value is -1.12. The monoisotopic (exact) mass is 361 g/mol. The lowest BCUT2D eigenvalue weighted by Gasteiger charge is -2.32. The fourth-order valence-corrected chi connectivity index (χ4v) is 4.50. The lowest BCUT2D eigenvalue weighted by Crippen LogP contribution is -2.50. The van der Waals surface area contributed by atoms with Crippen LogP contribution < -0.4 is 11.5 Å². The quantitative estimate of drug-likeness (QED) is 0.784. The molecule has 1 aliphatic rings. The van der Waals surface area contributed by atoms with Gasteiger partial charge in [-0.25, -0.2) is 8.42 Å². The second kappa shape index (κ2) is 5.71. The SMILES string of the molecule is NC(=O)C1CCCCN1S(=O)(=O)c1ccc(N)c(Br)c1. The number of halogens is 1. The molecule has 0 spiro atoms. The van der Waals surface area contributed by atoms with Gasteiger partial charge in [-0.2, -0.15) is 4.31 Å². The number of anilines is 1. The van der Waals surface area contributed by atoms with E-state index in [1.54, 1.807) is 0 Å². The van der Waals surface area contributed by atoms with E-state index in [4.69, 9.17) is 11.5 Å². The smallest absolute Gasteiger partial charge is 0.243 e. The largest absolute Gasteiger partial charge is 0.398 e. The summed E-state index contributed by atoms with van der Waals surface area (Å²) in [6.07, 6.45) is 1.98. The number of nitrogens with zero attached hydrogens (tertiary/aromatic N) is 1. The lowest BCUT2D eigenvalue weighted by molar-refractivity contribution is -0.122. The number of hydrogen-bond acceptors (Lipinski definition) is 4. The van der Waals surface area contributed by atoms with E-state index in [0.717, 1.165) is 12.8 Å². The molecule has 1 unspecified atom stereocenters. The normalized spacial score (nSPS) is 20.8. The van der Waals surface area contributed by atoms with E-state index < -0.39 is 22.0 Å². The van der Waals surface area contributed by atoms with Crippen LogP contribution in [-0.2, 0) is 14.8 Å². The highest BCUT2D eigenvalue weighted by Gasteiger charge is 2.36. The number of nitrogen functional groups attached to an aromatic ring is 1. The predicted octanol–water partition coefficient (Wildman–Crippen LogP) is 1.06. The van der Waals surface area contributed by atoms with Gasteiger partial charge < -0.3 is 11.5 Å². The van der Waals surface area contributed by atoms with Gasteiger partial charge in [-0.3, -0.25) is 4.79 Å². The molecule has 0 aliphatic carbocycles. The van der Waals surface area contributed by atoms with Crippen molar-refractivity contribution in [2.24, 2.45) is 5.73 Å². The minimum Gasteiger partial charge on any atom is -0.398 e. The first-order chi connectivity index (χ1) is 9.34. The Balaban J connectivity index is 2.42. The Kier molecular flexibility index (Phi) is 4.36. The van der Waals surface area contributed by atoms with Crippen LogP contribution in [0.15, 0.2) is 27.6 Å². The van der Waals surface area contributed by atoms with Gasteiger partial charge in [-0.15, -0.1) is 0 Å². The predicted molar refractivity (Wildman–Crippen MR) is 79.3 cm³/mol. The molecular weight excluding hydrogens is 346 g/mol. The zero-order valence-corrected chi connectivity index (χ0v) is 13.2. The van der Waals surface area contributed by atoms with Crippen LogP contribution >= 0.6 is 15.9 Å². The molecule has 0 saturated carbocycles. The van der Waals surface area contributed by atoms with E-state index in [2.05, 4.69) is 15.9 Å². The van der Waals surface area contributed by atoms with Gasteiger partial charge in [0.2, 0.25) is 15.9 Å². The molecule has 20 heavy (non-hydrogen) atoms. The first kappa shape index (κ1) is 15.3. The Bertz CT molecular complexity index is 633. The molecule has 6 nitrogen and oxygen atoms in total. The summed E-state index contributed by atoms with van der Waals surface area (Å²) in [6.45, 7) is 0.304. The molecular formula is C12H16BrN3O3S. The molecule has 110 valence electrons. The van der Waals surface area contributed by atoms with Crippen LogP contribution in [0.3, 0.4) is 0 Å². The molecule has 1 aliphatic heterocycles. The molecule has 1 amide bonds. The van der Waals surface area contributed by atoms with Crippen molar-refractivity contribution in [1.29, 1.82) is 0 Å². The van der Waals surface area contributed by atoms with Crippen LogP contribution in [0.25, 0.3) is 0 Å². The number of rotatable bonds is 3. The summed E-state index contributed by atoms with van der Waals surface area (Å²) in [6, 6.07) is 3.62. The number of amides is 1. The Morgan fingerprint density at radius 2 is 2.05 bits per heavy atom. The third-order valence-corrected chi connectivity index (χ3v) is 5.95. The van der Waals surface area contributed by atoms with Crippen molar-refractivity contribution in [3.05, 3.63) is 22.7 Å². The fourth-order valence-electron chi connectivity index (χ4n) is 2.28. The third-order valence-electron chi connectivity index (χ3n) is 3.36. The van der Waals surface area contributed by atoms with Gasteiger partial charge in [0.25, 0.3) is 0 Å². The van der Waals surface area contributed by atoms with E-state index in [-0.39, 0.29) is 4.90 Å². The number of benzene rings is 1. The Morgan fingerprint density at radius 1 is 1.35 bits per heavy atom. The summed E-state index contributed by atoms with van der Waals surface area (Å²) in [4.78, 5) is 11.6. The molecule has 1 fully saturated rings. The summed E-state index contributed by atoms with van der Waals surface area (Å²) in [5.41, 5.74) is 11.4. The van der Waals surface area contributed by atoms with Gasteiger partial charge in [-0.1, -0.05) is 6.42 Å². The van der Waals surface area contributed by atoms with Crippen LogP contribution in [-0.4, -0.2) is 31.2 Å². The summed E-state index contributed by atoms with van der Waals surface area (Å²) in [5, 5.41) is 0. The average molecular weight is 362 g/mol. The number of carbonyl (C=O) groups excluding carboxylic acids is 1. The molecule has 1 aromatic carbocycles. The number of sulfonamides is 1. The molecule has 1 saturated heterocycles. The average Bonchev–Trinajstić information content (AvgIpc) is 2.41. The molecule has 4 N–H and O–H groups in total. The van der Waals surface area contributed by atoms with Crippen molar-refractivity contribution in [1.82, 2.24) is 4.31 Å². The van der Waals surface area contributed by atoms with Gasteiger partial charge in [-0.05, 0) is 47.0 Å². The Labute approximate surface area is 126 Å². The third kappa shape index (κ3) is 2.82. The number of piperidine rings is 1. The van der Waals surface area contributed by atoms with Crippen LogP contribution in [0.4, 0.5) is 5.69 Å².